The van der Waals surface area contributed by atoms with Gasteiger partial charge in [0.1, 0.15) is 17.5 Å². The zero-order valence-corrected chi connectivity index (χ0v) is 16.4. The van der Waals surface area contributed by atoms with Crippen molar-refractivity contribution in [2.45, 2.75) is 31.8 Å². The number of amides is 4. The standard InChI is InChI=1S/C19H26N4O5/c1-12-11-22(17(24)5-4-16-18(25)21-19(26)20-16)6-7-23(12)13-8-14(27-2)10-15(9-13)28-3/h8-10,12,16H,4-7,11H2,1-3H3,(H2,20,21,25,26)/t12-,16+/m0/s1. The first kappa shape index (κ1) is 19.8. The van der Waals surface area contributed by atoms with Crippen LogP contribution in [-0.4, -0.2) is 68.7 Å². The van der Waals surface area contributed by atoms with Crippen molar-refractivity contribution in [3.8, 4) is 11.5 Å². The van der Waals surface area contributed by atoms with Crippen molar-refractivity contribution in [3.63, 3.8) is 0 Å². The highest BCUT2D eigenvalue weighted by Gasteiger charge is 2.32. The van der Waals surface area contributed by atoms with Gasteiger partial charge < -0.3 is 24.6 Å². The number of hydrogen-bond donors (Lipinski definition) is 2. The Balaban J connectivity index is 1.58. The second-order valence-corrected chi connectivity index (χ2v) is 7.01. The fourth-order valence-corrected chi connectivity index (χ4v) is 3.61. The molecule has 2 heterocycles. The molecule has 0 unspecified atom stereocenters. The third kappa shape index (κ3) is 4.29. The van der Waals surface area contributed by atoms with Gasteiger partial charge in [-0.2, -0.15) is 0 Å². The van der Waals surface area contributed by atoms with E-state index in [0.717, 1.165) is 17.2 Å². The summed E-state index contributed by atoms with van der Waals surface area (Å²) < 4.78 is 10.7. The van der Waals surface area contributed by atoms with E-state index < -0.39 is 12.1 Å². The molecule has 9 heteroatoms. The van der Waals surface area contributed by atoms with Gasteiger partial charge in [-0.3, -0.25) is 14.9 Å². The lowest BCUT2D eigenvalue weighted by molar-refractivity contribution is -0.132. The van der Waals surface area contributed by atoms with E-state index in [1.165, 1.54) is 0 Å². The van der Waals surface area contributed by atoms with Crippen molar-refractivity contribution in [2.75, 3.05) is 38.8 Å². The minimum atomic E-state index is -0.626. The third-order valence-electron chi connectivity index (χ3n) is 5.15. The van der Waals surface area contributed by atoms with Crippen molar-refractivity contribution >= 4 is 23.5 Å². The van der Waals surface area contributed by atoms with Crippen LogP contribution in [0.1, 0.15) is 19.8 Å². The average Bonchev–Trinajstić information content (AvgIpc) is 3.02. The molecule has 2 saturated heterocycles. The minimum Gasteiger partial charge on any atom is -0.497 e. The number of ether oxygens (including phenoxy) is 2. The molecule has 2 fully saturated rings. The maximum Gasteiger partial charge on any atom is 0.322 e. The van der Waals surface area contributed by atoms with Crippen LogP contribution in [0.25, 0.3) is 0 Å². The number of benzene rings is 1. The summed E-state index contributed by atoms with van der Waals surface area (Å²) in [6.45, 7) is 3.92. The Kier molecular flexibility index (Phi) is 5.91. The molecule has 152 valence electrons. The zero-order valence-electron chi connectivity index (χ0n) is 16.4. The summed E-state index contributed by atoms with van der Waals surface area (Å²) in [5.74, 6) is 1.06. The molecule has 4 amide bonds. The smallest absolute Gasteiger partial charge is 0.322 e. The lowest BCUT2D eigenvalue weighted by Crippen LogP contribution is -2.54. The molecule has 28 heavy (non-hydrogen) atoms. The van der Waals surface area contributed by atoms with Crippen LogP contribution in [0.2, 0.25) is 0 Å². The molecule has 3 rings (SSSR count). The Hall–Kier alpha value is -2.97. The number of imide groups is 1. The predicted molar refractivity (Wildman–Crippen MR) is 103 cm³/mol. The van der Waals surface area contributed by atoms with Gasteiger partial charge >= 0.3 is 6.03 Å². The number of nitrogens with one attached hydrogen (secondary N) is 2. The van der Waals surface area contributed by atoms with Gasteiger partial charge in [-0.15, -0.1) is 0 Å². The number of piperazine rings is 1. The highest BCUT2D eigenvalue weighted by Crippen LogP contribution is 2.30. The number of hydrogen-bond acceptors (Lipinski definition) is 6. The highest BCUT2D eigenvalue weighted by atomic mass is 16.5. The van der Waals surface area contributed by atoms with E-state index in [4.69, 9.17) is 9.47 Å². The van der Waals surface area contributed by atoms with Crippen LogP contribution in [-0.2, 0) is 9.59 Å². The second-order valence-electron chi connectivity index (χ2n) is 7.01. The molecular weight excluding hydrogens is 364 g/mol. The first-order valence-electron chi connectivity index (χ1n) is 9.30. The highest BCUT2D eigenvalue weighted by molar-refractivity contribution is 6.04. The second kappa shape index (κ2) is 8.37. The van der Waals surface area contributed by atoms with Gasteiger partial charge in [-0.05, 0) is 13.3 Å². The van der Waals surface area contributed by atoms with Crippen LogP contribution in [0.5, 0.6) is 11.5 Å². The molecule has 0 aliphatic carbocycles. The van der Waals surface area contributed by atoms with Gasteiger partial charge in [0.25, 0.3) is 5.91 Å². The van der Waals surface area contributed by atoms with E-state index in [0.29, 0.717) is 26.1 Å². The Morgan fingerprint density at radius 3 is 2.36 bits per heavy atom. The Morgan fingerprint density at radius 2 is 1.82 bits per heavy atom. The lowest BCUT2D eigenvalue weighted by atomic mass is 10.1. The predicted octanol–water partition coefficient (Wildman–Crippen LogP) is 0.729. The summed E-state index contributed by atoms with van der Waals surface area (Å²) in [5.41, 5.74) is 0.987. The quantitative estimate of drug-likeness (QED) is 0.695. The van der Waals surface area contributed by atoms with Crippen molar-refractivity contribution in [1.29, 1.82) is 0 Å². The summed E-state index contributed by atoms with van der Waals surface area (Å²) in [7, 11) is 3.23. The maximum atomic E-state index is 12.6. The topological polar surface area (TPSA) is 100 Å². The minimum absolute atomic E-state index is 0.0105. The number of anilines is 1. The molecule has 0 bridgehead atoms. The molecule has 1 aromatic rings. The van der Waals surface area contributed by atoms with Crippen LogP contribution in [0.4, 0.5) is 10.5 Å². The molecule has 2 aliphatic rings. The maximum absolute atomic E-state index is 12.6. The number of carbonyl (C=O) groups is 3. The van der Waals surface area contributed by atoms with Crippen LogP contribution in [0, 0.1) is 0 Å². The molecule has 0 spiro atoms. The summed E-state index contributed by atoms with van der Waals surface area (Å²) in [6.07, 6.45) is 0.524. The Bertz CT molecular complexity index is 746. The van der Waals surface area contributed by atoms with Gasteiger partial charge in [0.2, 0.25) is 5.91 Å². The normalized spacial score (nSPS) is 22.0. The van der Waals surface area contributed by atoms with Crippen LogP contribution in [0.15, 0.2) is 18.2 Å². The molecule has 2 N–H and O–H groups in total. The van der Waals surface area contributed by atoms with Gasteiger partial charge in [0.15, 0.2) is 0 Å². The van der Waals surface area contributed by atoms with Gasteiger partial charge in [0, 0.05) is 56.0 Å². The number of urea groups is 1. The molecule has 1 aromatic carbocycles. The summed E-state index contributed by atoms with van der Waals surface area (Å²) in [6, 6.07) is 4.73. The lowest BCUT2D eigenvalue weighted by Gasteiger charge is -2.41. The molecule has 0 saturated carbocycles. The summed E-state index contributed by atoms with van der Waals surface area (Å²) in [4.78, 5) is 39.3. The van der Waals surface area contributed by atoms with E-state index >= 15 is 0 Å². The van der Waals surface area contributed by atoms with Crippen LogP contribution in [0.3, 0.4) is 0 Å². The molecule has 0 aromatic heterocycles. The summed E-state index contributed by atoms with van der Waals surface area (Å²) in [5, 5.41) is 4.70. The van der Waals surface area contributed by atoms with Crippen molar-refractivity contribution < 1.29 is 23.9 Å². The average molecular weight is 390 g/mol. The first-order chi connectivity index (χ1) is 13.4. The van der Waals surface area contributed by atoms with Crippen molar-refractivity contribution in [3.05, 3.63) is 18.2 Å². The number of nitrogens with zero attached hydrogens (tertiary/aromatic N) is 2. The molecule has 2 atom stereocenters. The van der Waals surface area contributed by atoms with E-state index in [2.05, 4.69) is 22.5 Å². The van der Waals surface area contributed by atoms with E-state index in [-0.39, 0.29) is 24.3 Å². The van der Waals surface area contributed by atoms with Crippen molar-refractivity contribution in [1.82, 2.24) is 15.5 Å². The summed E-state index contributed by atoms with van der Waals surface area (Å²) >= 11 is 0. The van der Waals surface area contributed by atoms with Gasteiger partial charge in [-0.1, -0.05) is 0 Å². The monoisotopic (exact) mass is 390 g/mol. The fourth-order valence-electron chi connectivity index (χ4n) is 3.61. The van der Waals surface area contributed by atoms with E-state index in [9.17, 15) is 14.4 Å². The van der Waals surface area contributed by atoms with Crippen LogP contribution >= 0.6 is 0 Å². The number of rotatable bonds is 6. The zero-order chi connectivity index (χ0) is 20.3. The third-order valence-corrected chi connectivity index (χ3v) is 5.15. The Morgan fingerprint density at radius 1 is 1.14 bits per heavy atom. The van der Waals surface area contributed by atoms with Gasteiger partial charge in [-0.25, -0.2) is 4.79 Å². The van der Waals surface area contributed by atoms with E-state index in [1.54, 1.807) is 14.2 Å². The largest absolute Gasteiger partial charge is 0.497 e. The molecule has 0 radical (unpaired) electrons. The fraction of sp³-hybridized carbons (Fsp3) is 0.526. The van der Waals surface area contributed by atoms with Crippen molar-refractivity contribution in [2.24, 2.45) is 0 Å². The van der Waals surface area contributed by atoms with E-state index in [1.807, 2.05) is 23.1 Å². The Labute approximate surface area is 163 Å². The van der Waals surface area contributed by atoms with Gasteiger partial charge in [0.05, 0.1) is 14.2 Å². The number of carbonyl (C=O) groups excluding carboxylic acids is 3. The first-order valence-corrected chi connectivity index (χ1v) is 9.30. The van der Waals surface area contributed by atoms with Crippen LogP contribution < -0.4 is 25.0 Å². The SMILES string of the molecule is COc1cc(OC)cc(N2CCN(C(=O)CC[C@H]3NC(=O)NC3=O)C[C@@H]2C)c1. The molecule has 9 nitrogen and oxygen atoms in total. The molecular formula is C19H26N4O5. The number of methoxy groups -OCH3 is 2. The molecule has 2 aliphatic heterocycles.